The lowest BCUT2D eigenvalue weighted by atomic mass is 10.7. The van der Waals surface area contributed by atoms with Crippen LogP contribution in [0.5, 0.6) is 0 Å². The minimum Gasteiger partial charge on any atom is -0.364 e. The van der Waals surface area contributed by atoms with E-state index in [9.17, 15) is 0 Å². The van der Waals surface area contributed by atoms with E-state index in [-0.39, 0.29) is 6.23 Å². The minimum absolute atomic E-state index is 0.164. The SMILES string of the molecule is [CH2]COC(C)N. The Bertz CT molecular complexity index is 28.7. The second-order valence-corrected chi connectivity index (χ2v) is 1.08. The van der Waals surface area contributed by atoms with E-state index >= 15 is 0 Å². The number of ether oxygens (including phenoxy) is 1. The van der Waals surface area contributed by atoms with Gasteiger partial charge in [0.1, 0.15) is 6.23 Å². The van der Waals surface area contributed by atoms with Crippen LogP contribution in [0.3, 0.4) is 0 Å². The van der Waals surface area contributed by atoms with Gasteiger partial charge in [0.25, 0.3) is 0 Å². The molecular formula is C4H10NO. The largest absolute Gasteiger partial charge is 0.364 e. The van der Waals surface area contributed by atoms with Gasteiger partial charge in [0.2, 0.25) is 0 Å². The molecule has 37 valence electrons. The molecule has 0 rings (SSSR count). The molecule has 6 heavy (non-hydrogen) atoms. The zero-order valence-electron chi connectivity index (χ0n) is 3.98. The smallest absolute Gasteiger partial charge is 0.102 e. The Morgan fingerprint density at radius 1 is 2.00 bits per heavy atom. The van der Waals surface area contributed by atoms with E-state index in [2.05, 4.69) is 6.92 Å². The zero-order valence-corrected chi connectivity index (χ0v) is 3.98. The Morgan fingerprint density at radius 3 is 2.50 bits per heavy atom. The fourth-order valence-corrected chi connectivity index (χ4v) is 0.186. The summed E-state index contributed by atoms with van der Waals surface area (Å²) in [6, 6.07) is 0. The molecule has 2 N–H and O–H groups in total. The van der Waals surface area contributed by atoms with Crippen molar-refractivity contribution in [3.63, 3.8) is 0 Å². The van der Waals surface area contributed by atoms with Crippen LogP contribution in [0, 0.1) is 6.92 Å². The molecule has 0 aromatic rings. The standard InChI is InChI=1S/C4H10NO/c1-3-6-4(2)5/h4H,1,3,5H2,2H3. The van der Waals surface area contributed by atoms with Gasteiger partial charge in [-0.05, 0) is 13.8 Å². The van der Waals surface area contributed by atoms with Crippen LogP contribution < -0.4 is 5.73 Å². The topological polar surface area (TPSA) is 35.2 Å². The Balaban J connectivity index is 2.63. The van der Waals surface area contributed by atoms with Crippen LogP contribution in [-0.2, 0) is 4.74 Å². The van der Waals surface area contributed by atoms with Crippen molar-refractivity contribution in [3.05, 3.63) is 6.92 Å². The highest BCUT2D eigenvalue weighted by molar-refractivity contribution is 4.34. The summed E-state index contributed by atoms with van der Waals surface area (Å²) in [6.07, 6.45) is -0.164. The maximum Gasteiger partial charge on any atom is 0.102 e. The zero-order chi connectivity index (χ0) is 4.99. The molecule has 2 nitrogen and oxygen atoms in total. The second kappa shape index (κ2) is 3.12. The van der Waals surface area contributed by atoms with E-state index < -0.39 is 0 Å². The van der Waals surface area contributed by atoms with E-state index in [0.717, 1.165) is 0 Å². The van der Waals surface area contributed by atoms with Crippen LogP contribution >= 0.6 is 0 Å². The molecule has 2 heteroatoms. The highest BCUT2D eigenvalue weighted by Gasteiger charge is 1.83. The van der Waals surface area contributed by atoms with E-state index in [0.29, 0.717) is 6.61 Å². The summed E-state index contributed by atoms with van der Waals surface area (Å²) in [7, 11) is 0. The summed E-state index contributed by atoms with van der Waals surface area (Å²) in [5.41, 5.74) is 5.14. The summed E-state index contributed by atoms with van der Waals surface area (Å²) in [4.78, 5) is 0. The first-order valence-electron chi connectivity index (χ1n) is 1.94. The van der Waals surface area contributed by atoms with Crippen molar-refractivity contribution in [2.24, 2.45) is 5.73 Å². The lowest BCUT2D eigenvalue weighted by Gasteiger charge is -2.00. The molecule has 0 spiro atoms. The van der Waals surface area contributed by atoms with Gasteiger partial charge in [0.15, 0.2) is 0 Å². The van der Waals surface area contributed by atoms with Crippen LogP contribution in [0.25, 0.3) is 0 Å². The average molecular weight is 88.1 g/mol. The van der Waals surface area contributed by atoms with E-state index in [4.69, 9.17) is 10.5 Å². The summed E-state index contributed by atoms with van der Waals surface area (Å²) in [5.74, 6) is 0. The Hall–Kier alpha value is -0.0800. The van der Waals surface area contributed by atoms with Gasteiger partial charge in [0.05, 0.1) is 0 Å². The average Bonchev–Trinajstić information content (AvgIpc) is 1.35. The number of rotatable bonds is 2. The van der Waals surface area contributed by atoms with Gasteiger partial charge in [-0.3, -0.25) is 0 Å². The molecule has 0 fully saturated rings. The third-order valence-corrected chi connectivity index (χ3v) is 0.381. The van der Waals surface area contributed by atoms with Gasteiger partial charge < -0.3 is 10.5 Å². The quantitative estimate of drug-likeness (QED) is 0.487. The lowest BCUT2D eigenvalue weighted by molar-refractivity contribution is 0.0924. The summed E-state index contributed by atoms with van der Waals surface area (Å²) in [5, 5.41) is 0. The third-order valence-electron chi connectivity index (χ3n) is 0.381. The Kier molecular flexibility index (Phi) is 3.08. The summed E-state index contributed by atoms with van der Waals surface area (Å²) < 4.78 is 4.71. The summed E-state index contributed by atoms with van der Waals surface area (Å²) in [6.45, 7) is 5.65. The molecular weight excluding hydrogens is 78.0 g/mol. The Morgan fingerprint density at radius 2 is 2.50 bits per heavy atom. The molecule has 0 aliphatic heterocycles. The highest BCUT2D eigenvalue weighted by Crippen LogP contribution is 1.74. The van der Waals surface area contributed by atoms with Crippen molar-refractivity contribution < 1.29 is 4.74 Å². The maximum atomic E-state index is 5.14. The molecule has 0 bridgehead atoms. The first kappa shape index (κ1) is 5.92. The predicted molar refractivity (Wildman–Crippen MR) is 25.0 cm³/mol. The van der Waals surface area contributed by atoms with E-state index in [1.807, 2.05) is 0 Å². The fraction of sp³-hybridized carbons (Fsp3) is 0.750. The first-order valence-corrected chi connectivity index (χ1v) is 1.94. The van der Waals surface area contributed by atoms with Crippen molar-refractivity contribution in [1.29, 1.82) is 0 Å². The molecule has 1 radical (unpaired) electrons. The van der Waals surface area contributed by atoms with Gasteiger partial charge in [-0.1, -0.05) is 0 Å². The third kappa shape index (κ3) is 3.92. The van der Waals surface area contributed by atoms with Crippen molar-refractivity contribution in [2.45, 2.75) is 13.2 Å². The van der Waals surface area contributed by atoms with Gasteiger partial charge in [-0.25, -0.2) is 0 Å². The molecule has 0 amide bonds. The molecule has 0 aromatic heterocycles. The molecule has 0 aliphatic rings. The molecule has 0 saturated carbocycles. The van der Waals surface area contributed by atoms with Crippen LogP contribution in [0.1, 0.15) is 6.92 Å². The molecule has 0 aliphatic carbocycles. The van der Waals surface area contributed by atoms with Gasteiger partial charge in [0, 0.05) is 6.61 Å². The maximum absolute atomic E-state index is 5.14. The highest BCUT2D eigenvalue weighted by atomic mass is 16.5. The van der Waals surface area contributed by atoms with Crippen LogP contribution in [-0.4, -0.2) is 12.8 Å². The molecule has 1 unspecified atom stereocenters. The first-order chi connectivity index (χ1) is 2.77. The van der Waals surface area contributed by atoms with E-state index in [1.54, 1.807) is 6.92 Å². The second-order valence-electron chi connectivity index (χ2n) is 1.08. The number of hydrogen-bond donors (Lipinski definition) is 1. The minimum atomic E-state index is -0.164. The lowest BCUT2D eigenvalue weighted by Crippen LogP contribution is -2.18. The normalized spacial score (nSPS) is 14.5. The van der Waals surface area contributed by atoms with Crippen molar-refractivity contribution in [3.8, 4) is 0 Å². The molecule has 1 atom stereocenters. The van der Waals surface area contributed by atoms with Crippen molar-refractivity contribution in [2.75, 3.05) is 6.61 Å². The van der Waals surface area contributed by atoms with Crippen LogP contribution in [0.15, 0.2) is 0 Å². The number of hydrogen-bond acceptors (Lipinski definition) is 2. The van der Waals surface area contributed by atoms with Gasteiger partial charge in [-0.2, -0.15) is 0 Å². The van der Waals surface area contributed by atoms with Crippen LogP contribution in [0.4, 0.5) is 0 Å². The molecule has 0 saturated heterocycles. The van der Waals surface area contributed by atoms with Crippen molar-refractivity contribution in [1.82, 2.24) is 0 Å². The van der Waals surface area contributed by atoms with Gasteiger partial charge >= 0.3 is 0 Å². The van der Waals surface area contributed by atoms with E-state index in [1.165, 1.54) is 0 Å². The molecule has 0 aromatic carbocycles. The monoisotopic (exact) mass is 88.1 g/mol. The molecule has 0 heterocycles. The van der Waals surface area contributed by atoms with Crippen molar-refractivity contribution >= 4 is 0 Å². The van der Waals surface area contributed by atoms with Gasteiger partial charge in [-0.15, -0.1) is 0 Å². The predicted octanol–water partition coefficient (Wildman–Crippen LogP) is 0.142. The van der Waals surface area contributed by atoms with Crippen LogP contribution in [0.2, 0.25) is 0 Å². The summed E-state index contributed by atoms with van der Waals surface area (Å²) >= 11 is 0. The number of nitrogens with two attached hydrogens (primary N) is 1. The Labute approximate surface area is 38.3 Å². The fourth-order valence-electron chi connectivity index (χ4n) is 0.186.